The van der Waals surface area contributed by atoms with Crippen molar-refractivity contribution in [3.05, 3.63) is 82.3 Å². The average molecular weight is 593 g/mol. The molecule has 1 aliphatic heterocycles. The molecule has 43 heavy (non-hydrogen) atoms. The fraction of sp³-hybridized carbons (Fsp3) is 0.267. The molecule has 226 valence electrons. The van der Waals surface area contributed by atoms with Gasteiger partial charge in [-0.15, -0.1) is 0 Å². The Hall–Kier alpha value is -5.30. The van der Waals surface area contributed by atoms with E-state index in [2.05, 4.69) is 21.2 Å². The third-order valence-corrected chi connectivity index (χ3v) is 6.54. The quantitative estimate of drug-likeness (QED) is 0.0904. The van der Waals surface area contributed by atoms with E-state index in [0.29, 0.717) is 52.0 Å². The number of carboxylic acids is 1. The molecule has 0 saturated heterocycles. The number of carbonyl (C=O) groups is 3. The Kier molecular flexibility index (Phi) is 9.68. The van der Waals surface area contributed by atoms with Crippen LogP contribution in [0.25, 0.3) is 11.3 Å². The van der Waals surface area contributed by atoms with E-state index < -0.39 is 30.2 Å². The summed E-state index contributed by atoms with van der Waals surface area (Å²) in [7, 11) is 1.26. The van der Waals surface area contributed by atoms with Gasteiger partial charge in [0, 0.05) is 11.3 Å². The van der Waals surface area contributed by atoms with Gasteiger partial charge in [0.15, 0.2) is 17.7 Å². The number of hydrogen-bond acceptors (Lipinski definition) is 10. The van der Waals surface area contributed by atoms with Gasteiger partial charge in [-0.25, -0.2) is 14.4 Å². The molecule has 3 aromatic rings. The van der Waals surface area contributed by atoms with Gasteiger partial charge < -0.3 is 39.5 Å². The molecule has 1 aliphatic rings. The molecule has 0 saturated carbocycles. The number of hydrogen-bond donors (Lipinski definition) is 5. The normalized spacial score (nSPS) is 15.5. The highest BCUT2D eigenvalue weighted by Crippen LogP contribution is 2.35. The number of nitrogens with zero attached hydrogens (tertiary/aromatic N) is 1. The average Bonchev–Trinajstić information content (AvgIpc) is 3.44. The van der Waals surface area contributed by atoms with Crippen LogP contribution in [0.2, 0.25) is 0 Å². The summed E-state index contributed by atoms with van der Waals surface area (Å²) < 4.78 is 22.1. The van der Waals surface area contributed by atoms with Gasteiger partial charge in [0.2, 0.25) is 0 Å². The summed E-state index contributed by atoms with van der Waals surface area (Å²) in [5.41, 5.74) is 5.15. The maximum Gasteiger partial charge on any atom is 0.337 e. The number of nitrogens with one attached hydrogen (secondary N) is 3. The lowest BCUT2D eigenvalue weighted by Crippen LogP contribution is -2.45. The number of hydrazone groups is 1. The predicted octanol–water partition coefficient (Wildman–Crippen LogP) is 3.47. The van der Waals surface area contributed by atoms with Gasteiger partial charge in [0.05, 0.1) is 37.1 Å². The minimum absolute atomic E-state index is 0.187. The molecule has 0 fully saturated rings. The van der Waals surface area contributed by atoms with Crippen molar-refractivity contribution in [1.82, 2.24) is 16.1 Å². The number of methoxy groups -OCH3 is 1. The van der Waals surface area contributed by atoms with Gasteiger partial charge in [-0.05, 0) is 62.2 Å². The number of esters is 1. The van der Waals surface area contributed by atoms with Crippen molar-refractivity contribution in [2.24, 2.45) is 5.10 Å². The number of aromatic carboxylic acids is 1. The van der Waals surface area contributed by atoms with Gasteiger partial charge in [0.25, 0.3) is 0 Å². The molecule has 5 N–H and O–H groups in total. The van der Waals surface area contributed by atoms with Crippen molar-refractivity contribution in [2.45, 2.75) is 33.0 Å². The Bertz CT molecular complexity index is 1580. The van der Waals surface area contributed by atoms with Crippen molar-refractivity contribution < 1.29 is 43.2 Å². The first kappa shape index (κ1) is 30.7. The minimum Gasteiger partial charge on any atom is -0.490 e. The minimum atomic E-state index is -1.20. The van der Waals surface area contributed by atoms with Crippen LogP contribution in [-0.2, 0) is 9.53 Å². The number of urea groups is 1. The summed E-state index contributed by atoms with van der Waals surface area (Å²) in [4.78, 5) is 36.0. The fourth-order valence-electron chi connectivity index (χ4n) is 4.51. The maximum absolute atomic E-state index is 12.4. The number of furan rings is 1. The summed E-state index contributed by atoms with van der Waals surface area (Å²) >= 11 is 0. The van der Waals surface area contributed by atoms with E-state index in [1.54, 1.807) is 63.2 Å². The second-order valence-electron chi connectivity index (χ2n) is 9.40. The molecule has 0 bridgehead atoms. The highest BCUT2D eigenvalue weighted by atomic mass is 16.5. The van der Waals surface area contributed by atoms with Crippen LogP contribution in [0.5, 0.6) is 11.5 Å². The molecule has 2 heterocycles. The zero-order valence-corrected chi connectivity index (χ0v) is 24.0. The first-order valence-electron chi connectivity index (χ1n) is 13.3. The summed E-state index contributed by atoms with van der Waals surface area (Å²) in [5.74, 6) is -0.0813. The molecule has 0 radical (unpaired) electrons. The van der Waals surface area contributed by atoms with Crippen LogP contribution in [0.1, 0.15) is 47.1 Å². The largest absolute Gasteiger partial charge is 0.490 e. The van der Waals surface area contributed by atoms with Gasteiger partial charge in [0.1, 0.15) is 18.1 Å². The van der Waals surface area contributed by atoms with E-state index >= 15 is 0 Å². The second kappa shape index (κ2) is 13.6. The van der Waals surface area contributed by atoms with Crippen LogP contribution >= 0.6 is 0 Å². The number of aliphatic hydroxyl groups is 1. The predicted molar refractivity (Wildman–Crippen MR) is 155 cm³/mol. The number of carboxylic acid groups (broad SMARTS) is 1. The molecule has 2 amide bonds. The molecule has 0 unspecified atom stereocenters. The molecule has 4 rings (SSSR count). The van der Waals surface area contributed by atoms with Crippen LogP contribution in [0.3, 0.4) is 0 Å². The van der Waals surface area contributed by atoms with E-state index in [9.17, 15) is 24.6 Å². The van der Waals surface area contributed by atoms with Crippen LogP contribution in [0.15, 0.2) is 69.3 Å². The first-order chi connectivity index (χ1) is 20.6. The number of allylic oxidation sites excluding steroid dienone is 1. The van der Waals surface area contributed by atoms with E-state index in [1.807, 2.05) is 0 Å². The Labute approximate surface area is 247 Å². The molecule has 2 atom stereocenters. The molecular formula is C30H32N4O9. The number of amides is 2. The third kappa shape index (κ3) is 7.13. The molecular weight excluding hydrogens is 560 g/mol. The lowest BCUT2D eigenvalue weighted by atomic mass is 9.95. The summed E-state index contributed by atoms with van der Waals surface area (Å²) in [6.07, 6.45) is 0.167. The van der Waals surface area contributed by atoms with Crippen molar-refractivity contribution >= 4 is 24.2 Å². The highest BCUT2D eigenvalue weighted by Gasteiger charge is 2.32. The smallest absolute Gasteiger partial charge is 0.337 e. The van der Waals surface area contributed by atoms with Crippen LogP contribution < -0.4 is 25.5 Å². The topological polar surface area (TPSA) is 181 Å². The van der Waals surface area contributed by atoms with Gasteiger partial charge >= 0.3 is 18.0 Å². The molecule has 1 aromatic heterocycles. The van der Waals surface area contributed by atoms with E-state index in [-0.39, 0.29) is 17.7 Å². The van der Waals surface area contributed by atoms with E-state index in [1.165, 1.54) is 19.4 Å². The summed E-state index contributed by atoms with van der Waals surface area (Å²) in [6.45, 7) is 5.23. The molecule has 0 spiro atoms. The number of benzene rings is 2. The maximum atomic E-state index is 12.4. The van der Waals surface area contributed by atoms with Gasteiger partial charge in [-0.3, -0.25) is 5.43 Å². The van der Waals surface area contributed by atoms with Crippen molar-refractivity contribution in [2.75, 3.05) is 20.3 Å². The second-order valence-corrected chi connectivity index (χ2v) is 9.40. The third-order valence-electron chi connectivity index (χ3n) is 6.54. The number of aliphatic hydroxyl groups excluding tert-OH is 1. The van der Waals surface area contributed by atoms with Gasteiger partial charge in [-0.2, -0.15) is 5.10 Å². The van der Waals surface area contributed by atoms with E-state index in [0.717, 1.165) is 0 Å². The summed E-state index contributed by atoms with van der Waals surface area (Å²) in [5, 5.41) is 29.0. The number of rotatable bonds is 12. The zero-order valence-electron chi connectivity index (χ0n) is 24.0. The Balaban J connectivity index is 1.40. The Morgan fingerprint density at radius 1 is 1.14 bits per heavy atom. The van der Waals surface area contributed by atoms with Crippen LogP contribution in [-0.4, -0.2) is 60.9 Å². The van der Waals surface area contributed by atoms with E-state index in [4.69, 9.17) is 18.6 Å². The lowest BCUT2D eigenvalue weighted by molar-refractivity contribution is -0.136. The monoisotopic (exact) mass is 592 g/mol. The number of ether oxygens (including phenoxy) is 3. The summed E-state index contributed by atoms with van der Waals surface area (Å²) in [6, 6.07) is 12.0. The Morgan fingerprint density at radius 2 is 1.93 bits per heavy atom. The van der Waals surface area contributed by atoms with Crippen LogP contribution in [0, 0.1) is 6.92 Å². The van der Waals surface area contributed by atoms with Crippen molar-refractivity contribution in [3.63, 3.8) is 0 Å². The molecule has 13 heteroatoms. The fourth-order valence-corrected chi connectivity index (χ4v) is 4.51. The van der Waals surface area contributed by atoms with Crippen molar-refractivity contribution in [1.29, 1.82) is 0 Å². The first-order valence-corrected chi connectivity index (χ1v) is 13.3. The number of carbonyl (C=O) groups excluding carboxylic acids is 2. The standard InChI is InChI=1S/C30H32N4O9/c1-5-41-24-13-18(27-26(29(38)40-4)17(3)32-30(39)33-27)9-11-23(24)42-15-25(35)34-31-14-19-10-12-22(43-19)20-7-6-8-21(16(20)2)28(36)37/h6-14,25,27,34-35H,5,15H2,1-4H3,(H,36,37)(H2,32,33,39)/b31-14-/t25-,27+/m0/s1. The SMILES string of the molecule is CCOc1cc([C@H]2NC(=O)NC(C)=C2C(=O)OC)ccc1OC[C@H](O)N/N=C\c1ccc(-c2cccc(C(=O)O)c2C)o1. The molecule has 13 nitrogen and oxygen atoms in total. The Morgan fingerprint density at radius 3 is 2.65 bits per heavy atom. The van der Waals surface area contributed by atoms with Gasteiger partial charge in [-0.1, -0.05) is 18.2 Å². The van der Waals surface area contributed by atoms with Crippen LogP contribution in [0.4, 0.5) is 4.79 Å². The highest BCUT2D eigenvalue weighted by molar-refractivity contribution is 5.95. The van der Waals surface area contributed by atoms with Crippen molar-refractivity contribution in [3.8, 4) is 22.8 Å². The lowest BCUT2D eigenvalue weighted by Gasteiger charge is -2.28. The zero-order chi connectivity index (χ0) is 31.1. The molecule has 2 aromatic carbocycles. The molecule has 0 aliphatic carbocycles.